The molecule has 0 radical (unpaired) electrons. The van der Waals surface area contributed by atoms with Crippen LogP contribution >= 0.6 is 22.7 Å². The van der Waals surface area contributed by atoms with E-state index in [0.29, 0.717) is 17.7 Å². The van der Waals surface area contributed by atoms with E-state index in [-0.39, 0.29) is 17.9 Å². The van der Waals surface area contributed by atoms with Crippen molar-refractivity contribution in [2.45, 2.75) is 45.6 Å². The van der Waals surface area contributed by atoms with Crippen molar-refractivity contribution in [3.63, 3.8) is 0 Å². The van der Waals surface area contributed by atoms with Gasteiger partial charge in [0.1, 0.15) is 4.83 Å². The van der Waals surface area contributed by atoms with E-state index < -0.39 is 5.97 Å². The molecule has 8 heteroatoms. The van der Waals surface area contributed by atoms with Crippen LogP contribution in [-0.4, -0.2) is 41.1 Å². The van der Waals surface area contributed by atoms with Crippen LogP contribution in [0.5, 0.6) is 0 Å². The van der Waals surface area contributed by atoms with Gasteiger partial charge in [0.05, 0.1) is 15.5 Å². The lowest BCUT2D eigenvalue weighted by Crippen LogP contribution is -2.38. The van der Waals surface area contributed by atoms with Crippen molar-refractivity contribution in [3.05, 3.63) is 10.9 Å². The number of carboxylic acids is 1. The molecule has 0 atom stereocenters. The largest absolute Gasteiger partial charge is 0.481 e. The van der Waals surface area contributed by atoms with Crippen LogP contribution in [0.2, 0.25) is 0 Å². The molecular formula is C17H23N3O3S2. The molecule has 1 fully saturated rings. The minimum absolute atomic E-state index is 0.0710. The van der Waals surface area contributed by atoms with Crippen molar-refractivity contribution in [1.29, 1.82) is 0 Å². The second kappa shape index (κ2) is 7.70. The first-order valence-corrected chi connectivity index (χ1v) is 10.3. The second-order valence-corrected chi connectivity index (χ2v) is 8.35. The number of carbonyl (C=O) groups is 2. The van der Waals surface area contributed by atoms with Gasteiger partial charge >= 0.3 is 5.97 Å². The molecule has 0 aliphatic heterocycles. The highest BCUT2D eigenvalue weighted by atomic mass is 32.1. The van der Waals surface area contributed by atoms with Crippen LogP contribution in [0.15, 0.2) is 6.07 Å². The molecular weight excluding hydrogens is 358 g/mol. The molecule has 1 aliphatic rings. The van der Waals surface area contributed by atoms with E-state index in [2.05, 4.69) is 29.0 Å². The lowest BCUT2D eigenvalue weighted by molar-refractivity contribution is -0.142. The highest BCUT2D eigenvalue weighted by Crippen LogP contribution is 2.35. The summed E-state index contributed by atoms with van der Waals surface area (Å²) in [6, 6.07) is 1.99. The summed E-state index contributed by atoms with van der Waals surface area (Å²) in [5, 5.41) is 13.1. The highest BCUT2D eigenvalue weighted by Gasteiger charge is 2.27. The molecule has 3 rings (SSSR count). The molecule has 1 saturated carbocycles. The van der Waals surface area contributed by atoms with Crippen LogP contribution < -0.4 is 10.2 Å². The number of nitrogens with zero attached hydrogens (tertiary/aromatic N) is 2. The third-order valence-corrected chi connectivity index (χ3v) is 6.97. The van der Waals surface area contributed by atoms with E-state index >= 15 is 0 Å². The van der Waals surface area contributed by atoms with Crippen LogP contribution in [0.1, 0.15) is 49.2 Å². The van der Waals surface area contributed by atoms with Gasteiger partial charge < -0.3 is 15.3 Å². The predicted molar refractivity (Wildman–Crippen MR) is 102 cm³/mol. The van der Waals surface area contributed by atoms with Gasteiger partial charge in [0.25, 0.3) is 5.91 Å². The Morgan fingerprint density at radius 3 is 2.48 bits per heavy atom. The number of thiophene rings is 1. The van der Waals surface area contributed by atoms with Crippen LogP contribution in [0.4, 0.5) is 5.13 Å². The summed E-state index contributed by atoms with van der Waals surface area (Å²) in [7, 11) is 0. The predicted octanol–water partition coefficient (Wildman–Crippen LogP) is 3.58. The zero-order valence-electron chi connectivity index (χ0n) is 14.4. The number of thiazole rings is 1. The zero-order chi connectivity index (χ0) is 18.0. The molecule has 2 N–H and O–H groups in total. The minimum Gasteiger partial charge on any atom is -0.481 e. The van der Waals surface area contributed by atoms with Gasteiger partial charge in [0.2, 0.25) is 0 Å². The Morgan fingerprint density at radius 2 is 1.92 bits per heavy atom. The summed E-state index contributed by atoms with van der Waals surface area (Å²) in [6.45, 7) is 6.06. The van der Waals surface area contributed by atoms with Crippen LogP contribution in [-0.2, 0) is 4.79 Å². The van der Waals surface area contributed by atoms with Crippen LogP contribution in [0, 0.1) is 5.92 Å². The molecule has 0 bridgehead atoms. The first-order valence-electron chi connectivity index (χ1n) is 8.70. The summed E-state index contributed by atoms with van der Waals surface area (Å²) in [5.74, 6) is -1.06. The van der Waals surface area contributed by atoms with Crippen molar-refractivity contribution in [2.75, 3.05) is 18.0 Å². The number of nitrogens with one attached hydrogen (secondary N) is 1. The smallest absolute Gasteiger partial charge is 0.306 e. The Balaban J connectivity index is 1.63. The molecule has 6 nitrogen and oxygen atoms in total. The van der Waals surface area contributed by atoms with E-state index in [1.54, 1.807) is 11.3 Å². The second-order valence-electron chi connectivity index (χ2n) is 6.31. The Morgan fingerprint density at radius 1 is 1.24 bits per heavy atom. The van der Waals surface area contributed by atoms with Gasteiger partial charge in [-0.2, -0.15) is 0 Å². The molecule has 0 spiro atoms. The van der Waals surface area contributed by atoms with Crippen LogP contribution in [0.3, 0.4) is 0 Å². The Labute approximate surface area is 154 Å². The molecule has 2 aromatic heterocycles. The number of amides is 1. The Bertz CT molecular complexity index is 727. The molecule has 1 amide bonds. The van der Waals surface area contributed by atoms with Crippen molar-refractivity contribution in [2.24, 2.45) is 5.92 Å². The fraction of sp³-hybridized carbons (Fsp3) is 0.588. The number of carbonyl (C=O) groups excluding carboxylic acids is 1. The summed E-state index contributed by atoms with van der Waals surface area (Å²) in [4.78, 5) is 31.9. The lowest BCUT2D eigenvalue weighted by Gasteiger charge is -2.26. The molecule has 136 valence electrons. The molecule has 0 aromatic carbocycles. The number of anilines is 1. The SMILES string of the molecule is CCN(CC)c1nc2sc(C(=O)NC3CCC(C(=O)O)CC3)cc2s1. The summed E-state index contributed by atoms with van der Waals surface area (Å²) in [6.07, 6.45) is 2.73. The van der Waals surface area contributed by atoms with Gasteiger partial charge in [-0.05, 0) is 45.6 Å². The zero-order valence-corrected chi connectivity index (χ0v) is 16.1. The quantitative estimate of drug-likeness (QED) is 0.799. The first kappa shape index (κ1) is 18.1. The Kier molecular flexibility index (Phi) is 5.58. The standard InChI is InChI=1S/C17H23N3O3S2/c1-3-20(4-2)17-19-15-13(25-17)9-12(24-15)14(21)18-11-7-5-10(6-8-11)16(22)23/h9-11H,3-8H2,1-2H3,(H,18,21)(H,22,23). The van der Waals surface area contributed by atoms with E-state index in [1.807, 2.05) is 6.07 Å². The number of carboxylic acid groups (broad SMARTS) is 1. The number of aromatic nitrogens is 1. The number of rotatable bonds is 6. The summed E-state index contributed by atoms with van der Waals surface area (Å²) < 4.78 is 1.05. The molecule has 25 heavy (non-hydrogen) atoms. The highest BCUT2D eigenvalue weighted by molar-refractivity contribution is 7.29. The molecule has 0 saturated heterocycles. The number of hydrogen-bond donors (Lipinski definition) is 2. The maximum Gasteiger partial charge on any atom is 0.306 e. The summed E-state index contributed by atoms with van der Waals surface area (Å²) >= 11 is 3.05. The fourth-order valence-corrected chi connectivity index (χ4v) is 5.45. The van der Waals surface area contributed by atoms with Gasteiger partial charge in [-0.3, -0.25) is 9.59 Å². The van der Waals surface area contributed by atoms with Gasteiger partial charge in [-0.25, -0.2) is 4.98 Å². The first-order chi connectivity index (χ1) is 12.0. The molecule has 1 aliphatic carbocycles. The lowest BCUT2D eigenvalue weighted by atomic mass is 9.86. The third-order valence-electron chi connectivity index (χ3n) is 4.75. The van der Waals surface area contributed by atoms with Crippen molar-refractivity contribution in [3.8, 4) is 0 Å². The average molecular weight is 382 g/mol. The number of fused-ring (bicyclic) bond motifs is 1. The van der Waals surface area contributed by atoms with Gasteiger partial charge in [0.15, 0.2) is 5.13 Å². The monoisotopic (exact) mass is 381 g/mol. The number of aliphatic carboxylic acids is 1. The molecule has 2 aromatic rings. The normalized spacial score (nSPS) is 20.6. The van der Waals surface area contributed by atoms with E-state index in [1.165, 1.54) is 11.3 Å². The van der Waals surface area contributed by atoms with E-state index in [4.69, 9.17) is 5.11 Å². The van der Waals surface area contributed by atoms with Gasteiger partial charge in [0, 0.05) is 19.1 Å². The van der Waals surface area contributed by atoms with Crippen molar-refractivity contribution >= 4 is 49.2 Å². The fourth-order valence-electron chi connectivity index (χ4n) is 3.21. The third kappa shape index (κ3) is 3.95. The topological polar surface area (TPSA) is 82.5 Å². The summed E-state index contributed by atoms with van der Waals surface area (Å²) in [5.41, 5.74) is 0. The van der Waals surface area contributed by atoms with E-state index in [9.17, 15) is 9.59 Å². The van der Waals surface area contributed by atoms with Crippen molar-refractivity contribution in [1.82, 2.24) is 10.3 Å². The molecule has 2 heterocycles. The average Bonchev–Trinajstić information content (AvgIpc) is 3.15. The maximum atomic E-state index is 12.5. The number of hydrogen-bond acceptors (Lipinski definition) is 6. The van der Waals surface area contributed by atoms with Gasteiger partial charge in [-0.15, -0.1) is 11.3 Å². The van der Waals surface area contributed by atoms with Gasteiger partial charge in [-0.1, -0.05) is 11.3 Å². The minimum atomic E-state index is -0.724. The van der Waals surface area contributed by atoms with Crippen LogP contribution in [0.25, 0.3) is 9.53 Å². The van der Waals surface area contributed by atoms with Crippen molar-refractivity contribution < 1.29 is 14.7 Å². The van der Waals surface area contributed by atoms with E-state index in [0.717, 1.165) is 40.6 Å². The Hall–Kier alpha value is -1.67. The maximum absolute atomic E-state index is 12.5. The molecule has 0 unspecified atom stereocenters.